The number of para-hydroxylation sites is 1. The van der Waals surface area contributed by atoms with Crippen molar-refractivity contribution >= 4 is 5.91 Å². The van der Waals surface area contributed by atoms with E-state index >= 15 is 0 Å². The largest absolute Gasteiger partial charge is 0.492 e. The molecule has 0 bridgehead atoms. The van der Waals surface area contributed by atoms with E-state index in [-0.39, 0.29) is 11.3 Å². The average molecular weight is 423 g/mol. The third kappa shape index (κ3) is 5.63. The van der Waals surface area contributed by atoms with E-state index in [2.05, 4.69) is 21.3 Å². The van der Waals surface area contributed by atoms with E-state index in [0.717, 1.165) is 58.4 Å². The number of aromatic nitrogens is 1. The fraction of sp³-hybridized carbons (Fsp3) is 0.520. The zero-order valence-electron chi connectivity index (χ0n) is 18.6. The average Bonchev–Trinajstić information content (AvgIpc) is 2.82. The fourth-order valence-electron chi connectivity index (χ4n) is 4.72. The zero-order chi connectivity index (χ0) is 21.5. The molecule has 1 saturated heterocycles. The minimum absolute atomic E-state index is 0.0236. The Hall–Kier alpha value is -2.44. The molecule has 2 aromatic rings. The Kier molecular flexibility index (Phi) is 7.20. The second-order valence-electron chi connectivity index (χ2n) is 9.00. The minimum atomic E-state index is 0.0236. The maximum atomic E-state index is 13.2. The quantitative estimate of drug-likeness (QED) is 0.806. The molecule has 0 atom stereocenters. The summed E-state index contributed by atoms with van der Waals surface area (Å²) in [6.07, 6.45) is 8.26. The van der Waals surface area contributed by atoms with Crippen molar-refractivity contribution < 1.29 is 9.53 Å². The van der Waals surface area contributed by atoms with Crippen molar-refractivity contribution in [1.82, 2.24) is 20.1 Å². The first-order valence-electron chi connectivity index (χ1n) is 11.4. The maximum absolute atomic E-state index is 13.2. The Morgan fingerprint density at radius 3 is 2.71 bits per heavy atom. The smallest absolute Gasteiger partial charge is 0.257 e. The van der Waals surface area contributed by atoms with Gasteiger partial charge in [-0.3, -0.25) is 14.7 Å². The van der Waals surface area contributed by atoms with Crippen molar-refractivity contribution in [3.05, 3.63) is 59.9 Å². The van der Waals surface area contributed by atoms with Gasteiger partial charge < -0.3 is 15.0 Å². The van der Waals surface area contributed by atoms with Gasteiger partial charge in [-0.25, -0.2) is 0 Å². The van der Waals surface area contributed by atoms with Crippen LogP contribution >= 0.6 is 0 Å². The molecule has 6 heteroatoms. The van der Waals surface area contributed by atoms with Crippen molar-refractivity contribution in [2.24, 2.45) is 5.41 Å². The number of hydrogen-bond donors (Lipinski definition) is 1. The second-order valence-corrected chi connectivity index (χ2v) is 9.00. The van der Waals surface area contributed by atoms with Crippen LogP contribution < -0.4 is 10.1 Å². The Balaban J connectivity index is 1.57. The van der Waals surface area contributed by atoms with Crippen LogP contribution in [0.25, 0.3) is 0 Å². The lowest BCUT2D eigenvalue weighted by molar-refractivity contribution is 0.0768. The molecule has 1 aromatic heterocycles. The van der Waals surface area contributed by atoms with Crippen LogP contribution in [0.2, 0.25) is 0 Å². The molecule has 1 amide bonds. The number of nitrogens with zero attached hydrogens (tertiary/aromatic N) is 3. The number of benzene rings is 1. The molecule has 1 fully saturated rings. The number of ether oxygens (including phenoxy) is 1. The lowest BCUT2D eigenvalue weighted by Crippen LogP contribution is -2.41. The van der Waals surface area contributed by atoms with Gasteiger partial charge in [0.25, 0.3) is 5.91 Å². The third-order valence-corrected chi connectivity index (χ3v) is 6.72. The van der Waals surface area contributed by atoms with E-state index in [1.807, 2.05) is 54.7 Å². The van der Waals surface area contributed by atoms with Crippen LogP contribution in [0.15, 0.2) is 48.8 Å². The van der Waals surface area contributed by atoms with Crippen LogP contribution in [0.3, 0.4) is 0 Å². The van der Waals surface area contributed by atoms with Gasteiger partial charge in [-0.15, -0.1) is 0 Å². The van der Waals surface area contributed by atoms with Gasteiger partial charge in [-0.05, 0) is 69.1 Å². The van der Waals surface area contributed by atoms with Crippen LogP contribution in [0.1, 0.15) is 41.6 Å². The number of amides is 1. The number of nitrogens with one attached hydrogen (secondary N) is 1. The predicted molar refractivity (Wildman–Crippen MR) is 122 cm³/mol. The maximum Gasteiger partial charge on any atom is 0.257 e. The van der Waals surface area contributed by atoms with E-state index in [9.17, 15) is 4.79 Å². The number of likely N-dealkylation sites (N-methyl/N-ethyl adjacent to an activating group) is 1. The van der Waals surface area contributed by atoms with E-state index in [0.29, 0.717) is 24.5 Å². The highest BCUT2D eigenvalue weighted by molar-refractivity contribution is 5.96. The van der Waals surface area contributed by atoms with Gasteiger partial charge in [-0.1, -0.05) is 18.2 Å². The number of hydrogen-bond acceptors (Lipinski definition) is 5. The molecular weight excluding hydrogens is 388 g/mol. The Morgan fingerprint density at radius 2 is 1.90 bits per heavy atom. The van der Waals surface area contributed by atoms with Crippen molar-refractivity contribution in [2.45, 2.75) is 32.2 Å². The summed E-state index contributed by atoms with van der Waals surface area (Å²) >= 11 is 0. The Bertz CT molecular complexity index is 852. The molecule has 1 N–H and O–H groups in total. The van der Waals surface area contributed by atoms with Gasteiger partial charge in [0.2, 0.25) is 0 Å². The first-order chi connectivity index (χ1) is 15.2. The van der Waals surface area contributed by atoms with E-state index in [4.69, 9.17) is 4.74 Å². The molecule has 4 rings (SSSR count). The molecule has 3 heterocycles. The molecule has 31 heavy (non-hydrogen) atoms. The van der Waals surface area contributed by atoms with Crippen molar-refractivity contribution in [2.75, 3.05) is 46.4 Å². The molecule has 166 valence electrons. The van der Waals surface area contributed by atoms with Gasteiger partial charge in [-0.2, -0.15) is 0 Å². The third-order valence-electron chi connectivity index (χ3n) is 6.72. The fourth-order valence-corrected chi connectivity index (χ4v) is 4.72. The molecule has 1 aromatic carbocycles. The van der Waals surface area contributed by atoms with Crippen LogP contribution in [-0.2, 0) is 6.54 Å². The second kappa shape index (κ2) is 10.2. The number of fused-ring (bicyclic) bond motifs is 1. The van der Waals surface area contributed by atoms with Gasteiger partial charge in [0, 0.05) is 44.5 Å². The van der Waals surface area contributed by atoms with Crippen LogP contribution in [0.4, 0.5) is 0 Å². The van der Waals surface area contributed by atoms with Gasteiger partial charge >= 0.3 is 0 Å². The Labute approximate surface area is 185 Å². The highest BCUT2D eigenvalue weighted by Gasteiger charge is 2.33. The van der Waals surface area contributed by atoms with Gasteiger partial charge in [0.15, 0.2) is 0 Å². The number of rotatable bonds is 2. The molecule has 2 aliphatic rings. The van der Waals surface area contributed by atoms with Crippen LogP contribution in [-0.4, -0.2) is 67.1 Å². The summed E-state index contributed by atoms with van der Waals surface area (Å²) in [6, 6.07) is 11.8. The molecule has 0 radical (unpaired) electrons. The summed E-state index contributed by atoms with van der Waals surface area (Å²) in [5, 5.41) is 3.49. The Morgan fingerprint density at radius 1 is 1.06 bits per heavy atom. The monoisotopic (exact) mass is 422 g/mol. The minimum Gasteiger partial charge on any atom is -0.492 e. The SMILES string of the molecule is CN1CCN(Cc2cccnc2)CCCC2(CCNCC2)COc2ccccc2C1=O. The number of piperidine rings is 1. The highest BCUT2D eigenvalue weighted by Crippen LogP contribution is 2.35. The highest BCUT2D eigenvalue weighted by atomic mass is 16.5. The molecular formula is C25H34N4O2. The lowest BCUT2D eigenvalue weighted by atomic mass is 9.76. The molecule has 1 spiro atoms. The summed E-state index contributed by atoms with van der Waals surface area (Å²) in [6.45, 7) is 6.14. The van der Waals surface area contributed by atoms with Crippen molar-refractivity contribution in [3.63, 3.8) is 0 Å². The van der Waals surface area contributed by atoms with Crippen molar-refractivity contribution in [1.29, 1.82) is 0 Å². The summed E-state index contributed by atoms with van der Waals surface area (Å²) in [4.78, 5) is 21.7. The zero-order valence-corrected chi connectivity index (χ0v) is 18.6. The predicted octanol–water partition coefficient (Wildman–Crippen LogP) is 3.20. The van der Waals surface area contributed by atoms with E-state index in [1.54, 1.807) is 0 Å². The van der Waals surface area contributed by atoms with E-state index in [1.165, 1.54) is 5.56 Å². The first kappa shape index (κ1) is 21.8. The topological polar surface area (TPSA) is 57.7 Å². The summed E-state index contributed by atoms with van der Waals surface area (Å²) < 4.78 is 6.34. The lowest BCUT2D eigenvalue weighted by Gasteiger charge is -2.38. The number of pyridine rings is 1. The normalized spacial score (nSPS) is 20.8. The standard InChI is InChI=1S/C25H34N4O2/c1-28-16-17-29(19-21-6-4-12-27-18-21)15-5-9-25(10-13-26-14-11-25)20-31-23-8-3-2-7-22(23)24(28)30/h2-4,6-8,12,18,26H,5,9-11,13-17,19-20H2,1H3. The number of carbonyl (C=O) groups excluding carboxylic acids is 1. The molecule has 0 unspecified atom stereocenters. The first-order valence-corrected chi connectivity index (χ1v) is 11.4. The molecule has 6 nitrogen and oxygen atoms in total. The van der Waals surface area contributed by atoms with E-state index < -0.39 is 0 Å². The van der Waals surface area contributed by atoms with Crippen LogP contribution in [0.5, 0.6) is 5.75 Å². The van der Waals surface area contributed by atoms with Gasteiger partial charge in [0.1, 0.15) is 5.75 Å². The molecule has 2 aliphatic heterocycles. The van der Waals surface area contributed by atoms with Crippen LogP contribution in [0, 0.1) is 5.41 Å². The molecule has 0 saturated carbocycles. The summed E-state index contributed by atoms with van der Waals surface area (Å²) in [7, 11) is 1.88. The summed E-state index contributed by atoms with van der Waals surface area (Å²) in [5.74, 6) is 0.735. The van der Waals surface area contributed by atoms with Gasteiger partial charge in [0.05, 0.1) is 12.2 Å². The summed E-state index contributed by atoms with van der Waals surface area (Å²) in [5.41, 5.74) is 2.04. The van der Waals surface area contributed by atoms with Crippen molar-refractivity contribution in [3.8, 4) is 5.75 Å². The molecule has 0 aliphatic carbocycles. The number of carbonyl (C=O) groups is 1.